The summed E-state index contributed by atoms with van der Waals surface area (Å²) in [5.41, 5.74) is 2.29. The van der Waals surface area contributed by atoms with Crippen LogP contribution in [0.1, 0.15) is 46.5 Å². The normalized spacial score (nSPS) is 23.0. The smallest absolute Gasteiger partial charge is 0.333 e. The maximum atomic E-state index is 11.5. The van der Waals surface area contributed by atoms with E-state index < -0.39 is 0 Å². The number of hydrogen-bond donors (Lipinski definition) is 0. The van der Waals surface area contributed by atoms with Crippen molar-refractivity contribution in [2.75, 3.05) is 7.11 Å². The predicted molar refractivity (Wildman–Crippen MR) is 75.2 cm³/mol. The highest BCUT2D eigenvalue weighted by Crippen LogP contribution is 2.33. The monoisotopic (exact) mass is 248 g/mol. The summed E-state index contributed by atoms with van der Waals surface area (Å²) in [5, 5.41) is 0. The van der Waals surface area contributed by atoms with Crippen LogP contribution in [0.25, 0.3) is 0 Å². The second-order valence-electron chi connectivity index (χ2n) is 5.51. The van der Waals surface area contributed by atoms with Gasteiger partial charge in [0.25, 0.3) is 0 Å². The van der Waals surface area contributed by atoms with Crippen molar-refractivity contribution in [2.24, 2.45) is 5.41 Å². The SMILES string of the molecule is COC(=O)C1=CC[C@](C)(CCC=C(C)C)C=CC1. The molecule has 0 unspecified atom stereocenters. The summed E-state index contributed by atoms with van der Waals surface area (Å²) in [5.74, 6) is -0.201. The van der Waals surface area contributed by atoms with E-state index in [-0.39, 0.29) is 11.4 Å². The molecule has 0 saturated heterocycles. The van der Waals surface area contributed by atoms with Crippen LogP contribution in [0.3, 0.4) is 0 Å². The fraction of sp³-hybridized carbons (Fsp3) is 0.562. The number of hydrogen-bond acceptors (Lipinski definition) is 2. The molecule has 0 aromatic rings. The van der Waals surface area contributed by atoms with Crippen molar-refractivity contribution in [1.29, 1.82) is 0 Å². The average Bonchev–Trinajstić information content (AvgIpc) is 2.50. The topological polar surface area (TPSA) is 26.3 Å². The molecule has 0 radical (unpaired) electrons. The number of carbonyl (C=O) groups excluding carboxylic acids is 1. The van der Waals surface area contributed by atoms with Crippen LogP contribution in [0.4, 0.5) is 0 Å². The van der Waals surface area contributed by atoms with E-state index in [1.54, 1.807) is 0 Å². The lowest BCUT2D eigenvalue weighted by atomic mass is 9.82. The Balaban J connectivity index is 2.66. The first kappa shape index (κ1) is 14.7. The largest absolute Gasteiger partial charge is 0.466 e. The quantitative estimate of drug-likeness (QED) is 0.551. The fourth-order valence-corrected chi connectivity index (χ4v) is 2.15. The molecule has 0 spiro atoms. The van der Waals surface area contributed by atoms with Crippen LogP contribution in [0.15, 0.2) is 35.5 Å². The number of esters is 1. The van der Waals surface area contributed by atoms with Crippen molar-refractivity contribution < 1.29 is 9.53 Å². The number of ether oxygens (including phenoxy) is 1. The third kappa shape index (κ3) is 4.52. The highest BCUT2D eigenvalue weighted by Gasteiger charge is 2.22. The minimum absolute atomic E-state index is 0.154. The van der Waals surface area contributed by atoms with Crippen LogP contribution in [-0.4, -0.2) is 13.1 Å². The van der Waals surface area contributed by atoms with Crippen LogP contribution in [0.5, 0.6) is 0 Å². The lowest BCUT2D eigenvalue weighted by Crippen LogP contribution is -2.11. The van der Waals surface area contributed by atoms with Crippen LogP contribution in [0.2, 0.25) is 0 Å². The molecule has 0 N–H and O–H groups in total. The first-order valence-corrected chi connectivity index (χ1v) is 6.55. The first-order valence-electron chi connectivity index (χ1n) is 6.55. The Morgan fingerprint density at radius 2 is 2.22 bits per heavy atom. The minimum atomic E-state index is -0.201. The lowest BCUT2D eigenvalue weighted by molar-refractivity contribution is -0.136. The van der Waals surface area contributed by atoms with Gasteiger partial charge in [0, 0.05) is 5.57 Å². The minimum Gasteiger partial charge on any atom is -0.466 e. The lowest BCUT2D eigenvalue weighted by Gasteiger charge is -2.23. The molecule has 1 rings (SSSR count). The molecule has 0 aromatic carbocycles. The highest BCUT2D eigenvalue weighted by atomic mass is 16.5. The Morgan fingerprint density at radius 1 is 1.50 bits per heavy atom. The Labute approximate surface area is 110 Å². The van der Waals surface area contributed by atoms with E-state index in [1.807, 2.05) is 6.08 Å². The van der Waals surface area contributed by atoms with Crippen molar-refractivity contribution in [3.8, 4) is 0 Å². The highest BCUT2D eigenvalue weighted by molar-refractivity contribution is 5.88. The Bertz CT molecular complexity index is 384. The van der Waals surface area contributed by atoms with E-state index >= 15 is 0 Å². The Morgan fingerprint density at radius 3 is 2.83 bits per heavy atom. The van der Waals surface area contributed by atoms with Crippen molar-refractivity contribution in [2.45, 2.75) is 46.5 Å². The fourth-order valence-electron chi connectivity index (χ4n) is 2.15. The third-order valence-corrected chi connectivity index (χ3v) is 3.39. The summed E-state index contributed by atoms with van der Waals surface area (Å²) >= 11 is 0. The van der Waals surface area contributed by atoms with Crippen LogP contribution in [-0.2, 0) is 9.53 Å². The molecule has 2 nitrogen and oxygen atoms in total. The van der Waals surface area contributed by atoms with Crippen molar-refractivity contribution in [3.05, 3.63) is 35.5 Å². The molecule has 100 valence electrons. The summed E-state index contributed by atoms with van der Waals surface area (Å²) in [6, 6.07) is 0. The number of carbonyl (C=O) groups is 1. The molecule has 0 aliphatic heterocycles. The molecule has 0 saturated carbocycles. The molecule has 0 aromatic heterocycles. The van der Waals surface area contributed by atoms with Crippen molar-refractivity contribution in [3.63, 3.8) is 0 Å². The molecule has 0 heterocycles. The van der Waals surface area contributed by atoms with Crippen molar-refractivity contribution in [1.82, 2.24) is 0 Å². The predicted octanol–water partition coefficient (Wildman–Crippen LogP) is 4.19. The molecule has 1 aliphatic carbocycles. The van der Waals surface area contributed by atoms with E-state index in [0.717, 1.165) is 24.8 Å². The Kier molecular flexibility index (Phi) is 5.39. The second kappa shape index (κ2) is 6.58. The maximum Gasteiger partial charge on any atom is 0.333 e. The molecule has 0 amide bonds. The van der Waals surface area contributed by atoms with Gasteiger partial charge in [-0.05, 0) is 44.9 Å². The van der Waals surface area contributed by atoms with Gasteiger partial charge in [-0.2, -0.15) is 0 Å². The maximum absolute atomic E-state index is 11.5. The second-order valence-corrected chi connectivity index (χ2v) is 5.51. The van der Waals surface area contributed by atoms with E-state index in [9.17, 15) is 4.79 Å². The summed E-state index contributed by atoms with van der Waals surface area (Å²) in [6.45, 7) is 6.50. The molecule has 18 heavy (non-hydrogen) atoms. The van der Waals surface area contributed by atoms with Gasteiger partial charge >= 0.3 is 5.97 Å². The molecule has 1 atom stereocenters. The molecular formula is C16H24O2. The Hall–Kier alpha value is -1.31. The van der Waals surface area contributed by atoms with E-state index in [0.29, 0.717) is 6.42 Å². The number of methoxy groups -OCH3 is 1. The first-order chi connectivity index (χ1) is 8.47. The summed E-state index contributed by atoms with van der Waals surface area (Å²) in [4.78, 5) is 11.5. The molecular weight excluding hydrogens is 224 g/mol. The average molecular weight is 248 g/mol. The van der Waals surface area contributed by atoms with Crippen molar-refractivity contribution >= 4 is 5.97 Å². The summed E-state index contributed by atoms with van der Waals surface area (Å²) in [7, 11) is 1.44. The van der Waals surface area contributed by atoms with Gasteiger partial charge in [-0.1, -0.05) is 36.8 Å². The molecule has 2 heteroatoms. The number of allylic oxidation sites excluding steroid dienone is 5. The van der Waals surface area contributed by atoms with Gasteiger partial charge in [0.2, 0.25) is 0 Å². The van der Waals surface area contributed by atoms with Crippen LogP contribution in [0, 0.1) is 5.41 Å². The number of rotatable bonds is 4. The van der Waals surface area contributed by atoms with Gasteiger partial charge in [0.15, 0.2) is 0 Å². The van der Waals surface area contributed by atoms with Gasteiger partial charge in [-0.15, -0.1) is 0 Å². The van der Waals surface area contributed by atoms with E-state index in [1.165, 1.54) is 12.7 Å². The van der Waals surface area contributed by atoms with Gasteiger partial charge in [-0.25, -0.2) is 4.79 Å². The zero-order valence-electron chi connectivity index (χ0n) is 12.0. The zero-order valence-corrected chi connectivity index (χ0v) is 12.0. The summed E-state index contributed by atoms with van der Waals surface area (Å²) in [6.07, 6.45) is 12.4. The zero-order chi connectivity index (χ0) is 13.6. The van der Waals surface area contributed by atoms with E-state index in [4.69, 9.17) is 4.74 Å². The third-order valence-electron chi connectivity index (χ3n) is 3.39. The van der Waals surface area contributed by atoms with Crippen LogP contribution >= 0.6 is 0 Å². The van der Waals surface area contributed by atoms with Gasteiger partial charge in [0.05, 0.1) is 7.11 Å². The van der Waals surface area contributed by atoms with E-state index in [2.05, 4.69) is 39.0 Å². The van der Waals surface area contributed by atoms with Gasteiger partial charge in [0.1, 0.15) is 0 Å². The standard InChI is InChI=1S/C16H24O2/c1-13(2)7-5-10-16(3)11-6-8-14(9-12-16)15(17)18-4/h6-7,9,11H,5,8,10,12H2,1-4H3/t16-/m1/s1. The van der Waals surface area contributed by atoms with Crippen LogP contribution < -0.4 is 0 Å². The molecule has 0 fully saturated rings. The molecule has 1 aliphatic rings. The van der Waals surface area contributed by atoms with Gasteiger partial charge in [-0.3, -0.25) is 0 Å². The summed E-state index contributed by atoms with van der Waals surface area (Å²) < 4.78 is 4.78. The van der Waals surface area contributed by atoms with Gasteiger partial charge < -0.3 is 4.74 Å². The molecule has 0 bridgehead atoms.